The van der Waals surface area contributed by atoms with Gasteiger partial charge in [-0.2, -0.15) is 0 Å². The third-order valence-corrected chi connectivity index (χ3v) is 7.60. The predicted octanol–water partition coefficient (Wildman–Crippen LogP) is 4.99. The quantitative estimate of drug-likeness (QED) is 0.485. The van der Waals surface area contributed by atoms with Crippen LogP contribution in [0.1, 0.15) is 60.7 Å². The van der Waals surface area contributed by atoms with Gasteiger partial charge < -0.3 is 15.5 Å². The van der Waals surface area contributed by atoms with Gasteiger partial charge in [-0.25, -0.2) is 15.0 Å². The summed E-state index contributed by atoms with van der Waals surface area (Å²) in [6.07, 6.45) is 7.78. The van der Waals surface area contributed by atoms with Gasteiger partial charge in [-0.15, -0.1) is 11.3 Å². The largest absolute Gasteiger partial charge is 0.481 e. The van der Waals surface area contributed by atoms with Crippen molar-refractivity contribution in [3.05, 3.63) is 52.9 Å². The van der Waals surface area contributed by atoms with Gasteiger partial charge in [0.25, 0.3) is 0 Å². The van der Waals surface area contributed by atoms with Crippen molar-refractivity contribution in [2.45, 2.75) is 57.0 Å². The summed E-state index contributed by atoms with van der Waals surface area (Å²) in [5.41, 5.74) is 3.06. The first kappa shape index (κ1) is 21.0. The Bertz CT molecular complexity index is 1150. The first-order chi connectivity index (χ1) is 15.4. The number of nitrogens with one attached hydrogen (secondary N) is 1. The highest BCUT2D eigenvalue weighted by Crippen LogP contribution is 2.43. The van der Waals surface area contributed by atoms with Crippen LogP contribution in [-0.2, 0) is 10.4 Å². The molecule has 3 N–H and O–H groups in total. The molecule has 1 aromatic carbocycles. The Labute approximate surface area is 190 Å². The molecule has 0 amide bonds. The lowest BCUT2D eigenvalue weighted by Crippen LogP contribution is -2.33. The monoisotopic (exact) mass is 450 g/mol. The summed E-state index contributed by atoms with van der Waals surface area (Å²) < 4.78 is 0. The van der Waals surface area contributed by atoms with Gasteiger partial charge in [-0.1, -0.05) is 6.07 Å². The number of carbonyl (C=O) groups is 1. The molecule has 0 saturated heterocycles. The third-order valence-electron chi connectivity index (χ3n) is 6.36. The number of rotatable bonds is 6. The molecule has 7 nitrogen and oxygen atoms in total. The fourth-order valence-corrected chi connectivity index (χ4v) is 5.39. The van der Waals surface area contributed by atoms with Crippen LogP contribution >= 0.6 is 11.3 Å². The van der Waals surface area contributed by atoms with Crippen LogP contribution in [0.2, 0.25) is 0 Å². The molecule has 2 aliphatic carbocycles. The maximum Gasteiger partial charge on any atom is 0.306 e. The van der Waals surface area contributed by atoms with Crippen LogP contribution in [0.4, 0.5) is 11.6 Å². The number of benzene rings is 1. The topological polar surface area (TPSA) is 108 Å². The molecular weight excluding hydrogens is 424 g/mol. The van der Waals surface area contributed by atoms with Crippen molar-refractivity contribution >= 4 is 28.9 Å². The van der Waals surface area contributed by atoms with E-state index < -0.39 is 11.6 Å². The molecule has 0 spiro atoms. The number of nitrogens with zero attached hydrogens (tertiary/aromatic N) is 3. The molecule has 0 aliphatic heterocycles. The number of thiazole rings is 1. The molecule has 2 aromatic heterocycles. The van der Waals surface area contributed by atoms with E-state index in [-0.39, 0.29) is 5.92 Å². The fourth-order valence-electron chi connectivity index (χ4n) is 4.34. The van der Waals surface area contributed by atoms with Crippen LogP contribution in [0.25, 0.3) is 10.4 Å². The fraction of sp³-hybridized carbons (Fsp3) is 0.417. The summed E-state index contributed by atoms with van der Waals surface area (Å²) in [6.45, 7) is 2.04. The number of aryl methyl sites for hydroxylation is 1. The smallest absolute Gasteiger partial charge is 0.306 e. The van der Waals surface area contributed by atoms with Gasteiger partial charge in [0.1, 0.15) is 10.6 Å². The van der Waals surface area contributed by atoms with Gasteiger partial charge in [0, 0.05) is 29.7 Å². The minimum Gasteiger partial charge on any atom is -0.481 e. The number of aromatic nitrogens is 3. The average Bonchev–Trinajstić information content (AvgIpc) is 3.49. The Balaban J connectivity index is 1.36. The van der Waals surface area contributed by atoms with Crippen molar-refractivity contribution in [2.75, 3.05) is 5.32 Å². The first-order valence-corrected chi connectivity index (χ1v) is 11.8. The number of carboxylic acids is 1. The summed E-state index contributed by atoms with van der Waals surface area (Å²) in [7, 11) is 0. The molecular formula is C24H26N4O3S. The van der Waals surface area contributed by atoms with E-state index in [0.717, 1.165) is 27.4 Å². The minimum absolute atomic E-state index is 0.374. The lowest BCUT2D eigenvalue weighted by molar-refractivity contribution is -0.145. The van der Waals surface area contributed by atoms with Crippen molar-refractivity contribution in [3.8, 4) is 10.4 Å². The lowest BCUT2D eigenvalue weighted by Gasteiger charge is -2.32. The Kier molecular flexibility index (Phi) is 5.43. The van der Waals surface area contributed by atoms with E-state index in [1.165, 1.54) is 24.2 Å². The summed E-state index contributed by atoms with van der Waals surface area (Å²) >= 11 is 1.47. The first-order valence-electron chi connectivity index (χ1n) is 11.0. The van der Waals surface area contributed by atoms with Crippen LogP contribution in [0.5, 0.6) is 0 Å². The number of hydrogen-bond donors (Lipinski definition) is 3. The van der Waals surface area contributed by atoms with Crippen molar-refractivity contribution in [2.24, 2.45) is 5.92 Å². The average molecular weight is 451 g/mol. The van der Waals surface area contributed by atoms with Crippen molar-refractivity contribution in [1.82, 2.24) is 15.0 Å². The van der Waals surface area contributed by atoms with Gasteiger partial charge in [-0.3, -0.25) is 4.79 Å². The summed E-state index contributed by atoms with van der Waals surface area (Å²) in [6, 6.07) is 8.18. The molecule has 8 heteroatoms. The molecule has 2 fully saturated rings. The van der Waals surface area contributed by atoms with Crippen molar-refractivity contribution in [1.29, 1.82) is 0 Å². The van der Waals surface area contributed by atoms with E-state index in [1.807, 2.05) is 19.1 Å². The molecule has 0 radical (unpaired) electrons. The second-order valence-electron chi connectivity index (χ2n) is 8.97. The van der Waals surface area contributed by atoms with Crippen molar-refractivity contribution in [3.63, 3.8) is 0 Å². The molecule has 0 bridgehead atoms. The zero-order valence-electron chi connectivity index (χ0n) is 17.9. The van der Waals surface area contributed by atoms with Crippen LogP contribution in [0.3, 0.4) is 0 Å². The zero-order valence-corrected chi connectivity index (χ0v) is 18.7. The molecule has 0 unspecified atom stereocenters. The summed E-state index contributed by atoms with van der Waals surface area (Å²) in [5, 5.41) is 24.3. The molecule has 166 valence electrons. The highest BCUT2D eigenvalue weighted by molar-refractivity contribution is 7.15. The highest BCUT2D eigenvalue weighted by atomic mass is 32.1. The standard InChI is InChI=1S/C24H26N4O3S/c1-14-10-17(12-18(11-14)27-23-25-9-6-19(28-23)15-2-3-15)20-13-26-22(32-20)24(31)7-4-16(5-8-24)21(29)30/h6,9-13,15-16,31H,2-5,7-8H2,1H3,(H,29,30)(H,25,27,28)/t16-,24+. The summed E-state index contributed by atoms with van der Waals surface area (Å²) in [4.78, 5) is 25.7. The normalized spacial score (nSPS) is 23.1. The summed E-state index contributed by atoms with van der Waals surface area (Å²) in [5.74, 6) is 0.0121. The van der Waals surface area contributed by atoms with E-state index >= 15 is 0 Å². The molecule has 2 aliphatic rings. The van der Waals surface area contributed by atoms with Gasteiger partial charge >= 0.3 is 5.97 Å². The molecule has 2 saturated carbocycles. The zero-order chi connectivity index (χ0) is 22.3. The third kappa shape index (κ3) is 4.38. The predicted molar refractivity (Wildman–Crippen MR) is 123 cm³/mol. The van der Waals surface area contributed by atoms with Gasteiger partial charge in [-0.05, 0) is 74.8 Å². The Hall–Kier alpha value is -2.84. The van der Waals surface area contributed by atoms with Gasteiger partial charge in [0.2, 0.25) is 5.95 Å². The molecule has 32 heavy (non-hydrogen) atoms. The number of hydrogen-bond acceptors (Lipinski definition) is 7. The second-order valence-corrected chi connectivity index (χ2v) is 10.00. The molecule has 2 heterocycles. The molecule has 3 aromatic rings. The van der Waals surface area contributed by atoms with Crippen LogP contribution in [-0.4, -0.2) is 31.1 Å². The van der Waals surface area contributed by atoms with E-state index in [4.69, 9.17) is 0 Å². The number of aliphatic carboxylic acids is 1. The van der Waals surface area contributed by atoms with Crippen LogP contribution in [0, 0.1) is 12.8 Å². The maximum atomic E-state index is 11.2. The minimum atomic E-state index is -1.04. The number of carboxylic acid groups (broad SMARTS) is 1. The molecule has 0 atom stereocenters. The molecule has 5 rings (SSSR count). The van der Waals surface area contributed by atoms with Crippen molar-refractivity contribution < 1.29 is 15.0 Å². The number of aliphatic hydroxyl groups is 1. The van der Waals surface area contributed by atoms with Gasteiger partial charge in [0.05, 0.1) is 10.8 Å². The van der Waals surface area contributed by atoms with Crippen LogP contribution in [0.15, 0.2) is 36.7 Å². The van der Waals surface area contributed by atoms with Crippen LogP contribution < -0.4 is 5.32 Å². The van der Waals surface area contributed by atoms with Gasteiger partial charge in [0.15, 0.2) is 0 Å². The van der Waals surface area contributed by atoms with E-state index in [2.05, 4.69) is 32.4 Å². The maximum absolute atomic E-state index is 11.2. The Morgan fingerprint density at radius 1 is 1.16 bits per heavy atom. The van der Waals surface area contributed by atoms with E-state index in [0.29, 0.717) is 42.6 Å². The highest BCUT2D eigenvalue weighted by Gasteiger charge is 2.39. The second kappa shape index (κ2) is 8.26. The van der Waals surface area contributed by atoms with E-state index in [1.54, 1.807) is 12.4 Å². The SMILES string of the molecule is Cc1cc(Nc2nccc(C3CC3)n2)cc(-c2cnc([C@]3(O)CC[C@@H](C(=O)O)CC3)s2)c1. The van der Waals surface area contributed by atoms with E-state index in [9.17, 15) is 15.0 Å². The number of anilines is 2. The Morgan fingerprint density at radius 3 is 2.66 bits per heavy atom. The Morgan fingerprint density at radius 2 is 1.94 bits per heavy atom. The lowest BCUT2D eigenvalue weighted by atomic mass is 9.79.